The lowest BCUT2D eigenvalue weighted by Crippen LogP contribution is -2.46. The molecule has 0 amide bonds. The summed E-state index contributed by atoms with van der Waals surface area (Å²) in [7, 11) is 2.07. The van der Waals surface area contributed by atoms with Crippen LogP contribution in [0.2, 0.25) is 0 Å². The molecule has 2 aromatic rings. The van der Waals surface area contributed by atoms with E-state index in [1.807, 2.05) is 18.6 Å². The van der Waals surface area contributed by atoms with Crippen LogP contribution in [0.3, 0.4) is 0 Å². The van der Waals surface area contributed by atoms with Crippen molar-refractivity contribution in [2.24, 2.45) is 7.05 Å². The molecule has 0 saturated carbocycles. The van der Waals surface area contributed by atoms with Crippen molar-refractivity contribution in [2.45, 2.75) is 25.4 Å². The summed E-state index contributed by atoms with van der Waals surface area (Å²) in [4.78, 5) is 14.1. The Morgan fingerprint density at radius 2 is 2.00 bits per heavy atom. The maximum atomic E-state index is 4.69. The molecule has 1 N–H and O–H groups in total. The second kappa shape index (κ2) is 8.17. The van der Waals surface area contributed by atoms with E-state index in [4.69, 9.17) is 4.98 Å². The fourth-order valence-electron chi connectivity index (χ4n) is 3.77. The second-order valence-corrected chi connectivity index (χ2v) is 6.81. The molecule has 0 aromatic carbocycles. The number of rotatable bonds is 4. The van der Waals surface area contributed by atoms with Crippen molar-refractivity contribution in [1.29, 1.82) is 0 Å². The van der Waals surface area contributed by atoms with E-state index in [1.54, 1.807) is 0 Å². The molecule has 0 radical (unpaired) electrons. The largest absolute Gasteiger partial charge is 0.357 e. The van der Waals surface area contributed by atoms with Crippen LogP contribution in [0.1, 0.15) is 30.3 Å². The maximum Gasteiger partial charge on any atom is 0.128 e. The molecule has 6 nitrogen and oxygen atoms in total. The molecule has 0 bridgehead atoms. The number of aryl methyl sites for hydroxylation is 1. The lowest BCUT2D eigenvalue weighted by molar-refractivity contribution is 0.144. The maximum absolute atomic E-state index is 4.69. The van der Waals surface area contributed by atoms with Crippen LogP contribution in [0.25, 0.3) is 0 Å². The quantitative estimate of drug-likeness (QED) is 0.901. The van der Waals surface area contributed by atoms with E-state index in [-0.39, 0.29) is 12.4 Å². The van der Waals surface area contributed by atoms with Crippen molar-refractivity contribution in [2.75, 3.05) is 37.6 Å². The van der Waals surface area contributed by atoms with Crippen LogP contribution < -0.4 is 10.2 Å². The van der Waals surface area contributed by atoms with Gasteiger partial charge in [0.25, 0.3) is 0 Å². The average molecular weight is 363 g/mol. The number of pyridine rings is 1. The SMILES string of the molecule is Cl.Cn1ccnc1C1CNCCN1Cc1ccc(N2CCCC2)nc1. The number of hydrogen-bond acceptors (Lipinski definition) is 5. The molecule has 0 aliphatic carbocycles. The first kappa shape index (κ1) is 18.2. The van der Waals surface area contributed by atoms with Gasteiger partial charge in [-0.1, -0.05) is 6.07 Å². The van der Waals surface area contributed by atoms with Gasteiger partial charge in [-0.3, -0.25) is 4.90 Å². The fraction of sp³-hybridized carbons (Fsp3) is 0.556. The normalized spacial score (nSPS) is 21.3. The Morgan fingerprint density at radius 3 is 2.68 bits per heavy atom. The highest BCUT2D eigenvalue weighted by atomic mass is 35.5. The van der Waals surface area contributed by atoms with E-state index in [0.29, 0.717) is 6.04 Å². The number of nitrogens with zero attached hydrogens (tertiary/aromatic N) is 5. The Hall–Kier alpha value is -1.63. The summed E-state index contributed by atoms with van der Waals surface area (Å²) in [5.74, 6) is 2.25. The fourth-order valence-corrected chi connectivity index (χ4v) is 3.77. The smallest absolute Gasteiger partial charge is 0.128 e. The number of anilines is 1. The highest BCUT2D eigenvalue weighted by molar-refractivity contribution is 5.85. The van der Waals surface area contributed by atoms with Gasteiger partial charge in [-0.15, -0.1) is 12.4 Å². The van der Waals surface area contributed by atoms with Crippen molar-refractivity contribution in [3.63, 3.8) is 0 Å². The van der Waals surface area contributed by atoms with Gasteiger partial charge in [0.2, 0.25) is 0 Å². The lowest BCUT2D eigenvalue weighted by Gasteiger charge is -2.35. The van der Waals surface area contributed by atoms with Gasteiger partial charge in [0.1, 0.15) is 11.6 Å². The summed E-state index contributed by atoms with van der Waals surface area (Å²) >= 11 is 0. The van der Waals surface area contributed by atoms with Gasteiger partial charge in [0.15, 0.2) is 0 Å². The van der Waals surface area contributed by atoms with Crippen LogP contribution in [0, 0.1) is 0 Å². The number of hydrogen-bond donors (Lipinski definition) is 1. The van der Waals surface area contributed by atoms with E-state index < -0.39 is 0 Å². The van der Waals surface area contributed by atoms with Crippen molar-refractivity contribution in [1.82, 2.24) is 24.8 Å². The van der Waals surface area contributed by atoms with Crippen LogP contribution >= 0.6 is 12.4 Å². The Morgan fingerprint density at radius 1 is 1.16 bits per heavy atom. The van der Waals surface area contributed by atoms with Crippen LogP contribution in [-0.4, -0.2) is 52.2 Å². The van der Waals surface area contributed by atoms with Gasteiger partial charge in [0.05, 0.1) is 6.04 Å². The molecule has 2 aliphatic rings. The number of aromatic nitrogens is 3. The molecule has 2 aliphatic heterocycles. The number of nitrogens with one attached hydrogen (secondary N) is 1. The summed E-state index contributed by atoms with van der Waals surface area (Å²) in [6, 6.07) is 4.73. The van der Waals surface area contributed by atoms with Gasteiger partial charge < -0.3 is 14.8 Å². The summed E-state index contributed by atoms with van der Waals surface area (Å²) in [6.45, 7) is 6.22. The standard InChI is InChI=1S/C18H26N6.ClH/c1-22-10-7-20-18(22)16-13-19-6-11-24(16)14-15-4-5-17(21-12-15)23-8-2-3-9-23;/h4-5,7,10,12,16,19H,2-3,6,8-9,11,13-14H2,1H3;1H. The van der Waals surface area contributed by atoms with E-state index in [1.165, 1.54) is 18.4 Å². The van der Waals surface area contributed by atoms with E-state index >= 15 is 0 Å². The molecule has 0 spiro atoms. The van der Waals surface area contributed by atoms with Crippen molar-refractivity contribution >= 4 is 18.2 Å². The second-order valence-electron chi connectivity index (χ2n) is 6.81. The Labute approximate surface area is 155 Å². The lowest BCUT2D eigenvalue weighted by atomic mass is 10.1. The molecular formula is C18H27ClN6. The van der Waals surface area contributed by atoms with Gasteiger partial charge in [-0.2, -0.15) is 0 Å². The zero-order chi connectivity index (χ0) is 16.4. The van der Waals surface area contributed by atoms with E-state index in [2.05, 4.69) is 43.8 Å². The summed E-state index contributed by atoms with van der Waals surface area (Å²) in [5, 5.41) is 3.50. The van der Waals surface area contributed by atoms with Crippen LogP contribution in [0.5, 0.6) is 0 Å². The Bertz CT molecular complexity index is 664. The minimum Gasteiger partial charge on any atom is -0.357 e. The summed E-state index contributed by atoms with van der Waals surface area (Å²) < 4.78 is 2.12. The Kier molecular flexibility index (Phi) is 5.93. The highest BCUT2D eigenvalue weighted by Gasteiger charge is 2.26. The first-order chi connectivity index (χ1) is 11.8. The Balaban J connectivity index is 0.00000182. The highest BCUT2D eigenvalue weighted by Crippen LogP contribution is 2.23. The van der Waals surface area contributed by atoms with Crippen molar-refractivity contribution in [3.05, 3.63) is 42.1 Å². The van der Waals surface area contributed by atoms with Gasteiger partial charge in [0, 0.05) is 64.9 Å². The van der Waals surface area contributed by atoms with E-state index in [0.717, 1.165) is 50.9 Å². The van der Waals surface area contributed by atoms with Crippen LogP contribution in [-0.2, 0) is 13.6 Å². The molecule has 2 saturated heterocycles. The average Bonchev–Trinajstić information content (AvgIpc) is 3.28. The topological polar surface area (TPSA) is 49.2 Å². The third-order valence-corrected chi connectivity index (χ3v) is 5.14. The third-order valence-electron chi connectivity index (χ3n) is 5.14. The number of imidazole rings is 1. The molecule has 2 aromatic heterocycles. The van der Waals surface area contributed by atoms with Gasteiger partial charge in [-0.25, -0.2) is 9.97 Å². The van der Waals surface area contributed by atoms with Gasteiger partial charge in [-0.05, 0) is 24.5 Å². The minimum atomic E-state index is 0. The van der Waals surface area contributed by atoms with Crippen LogP contribution in [0.4, 0.5) is 5.82 Å². The first-order valence-electron chi connectivity index (χ1n) is 8.93. The molecule has 2 fully saturated rings. The first-order valence-corrected chi connectivity index (χ1v) is 8.93. The monoisotopic (exact) mass is 362 g/mol. The molecule has 7 heteroatoms. The summed E-state index contributed by atoms with van der Waals surface area (Å²) in [5.41, 5.74) is 1.28. The zero-order valence-electron chi connectivity index (χ0n) is 14.8. The van der Waals surface area contributed by atoms with E-state index in [9.17, 15) is 0 Å². The molecule has 4 heterocycles. The van der Waals surface area contributed by atoms with Crippen LogP contribution in [0.15, 0.2) is 30.7 Å². The molecule has 25 heavy (non-hydrogen) atoms. The number of halogens is 1. The molecule has 4 rings (SSSR count). The predicted octanol–water partition coefficient (Wildman–Crippen LogP) is 1.98. The molecule has 1 unspecified atom stereocenters. The third kappa shape index (κ3) is 3.97. The number of piperazine rings is 1. The minimum absolute atomic E-state index is 0. The van der Waals surface area contributed by atoms with Crippen molar-refractivity contribution < 1.29 is 0 Å². The molecule has 1 atom stereocenters. The zero-order valence-corrected chi connectivity index (χ0v) is 15.6. The van der Waals surface area contributed by atoms with Crippen molar-refractivity contribution in [3.8, 4) is 0 Å². The molecule has 136 valence electrons. The predicted molar refractivity (Wildman–Crippen MR) is 102 cm³/mol. The van der Waals surface area contributed by atoms with Gasteiger partial charge >= 0.3 is 0 Å². The summed E-state index contributed by atoms with van der Waals surface area (Å²) in [6.07, 6.45) is 8.53. The molecular weight excluding hydrogens is 336 g/mol.